The van der Waals surface area contributed by atoms with Crippen LogP contribution in [0.3, 0.4) is 0 Å². The van der Waals surface area contributed by atoms with Crippen molar-refractivity contribution in [3.05, 3.63) is 41.3 Å². The van der Waals surface area contributed by atoms with Crippen molar-refractivity contribution in [1.82, 2.24) is 14.8 Å². The number of fused-ring (bicyclic) bond motifs is 1. The molecule has 1 aromatic carbocycles. The minimum atomic E-state index is 0.291. The minimum Gasteiger partial charge on any atom is -0.452 e. The van der Waals surface area contributed by atoms with E-state index in [0.29, 0.717) is 23.2 Å². The number of nitrogen functional groups attached to an aromatic ring is 1. The summed E-state index contributed by atoms with van der Waals surface area (Å²) < 4.78 is 8.63. The molecule has 0 aliphatic rings. The van der Waals surface area contributed by atoms with E-state index >= 15 is 0 Å². The number of hydrogen-bond acceptors (Lipinski definition) is 4. The lowest BCUT2D eigenvalue weighted by Crippen LogP contribution is -1.99. The Morgan fingerprint density at radius 1 is 1.29 bits per heavy atom. The molecule has 0 radical (unpaired) electrons. The van der Waals surface area contributed by atoms with Crippen LogP contribution in [-0.4, -0.2) is 14.8 Å². The van der Waals surface area contributed by atoms with Gasteiger partial charge in [0.05, 0.1) is 12.4 Å². The first-order chi connectivity index (χ1) is 10.0. The molecule has 6 heteroatoms. The van der Waals surface area contributed by atoms with Crippen LogP contribution in [-0.2, 0) is 0 Å². The van der Waals surface area contributed by atoms with Crippen LogP contribution in [0.4, 0.5) is 5.69 Å². The maximum absolute atomic E-state index is 6.00. The normalized spacial score (nSPS) is 11.2. The van der Waals surface area contributed by atoms with Crippen molar-refractivity contribution in [2.75, 3.05) is 5.73 Å². The first-order valence-electron chi connectivity index (χ1n) is 6.60. The molecular formula is C15H15BrN4O. The lowest BCUT2D eigenvalue weighted by molar-refractivity contribution is 0.481. The predicted octanol–water partition coefficient (Wildman–Crippen LogP) is 4.15. The molecule has 0 aliphatic carbocycles. The van der Waals surface area contributed by atoms with Crippen LogP contribution in [0.25, 0.3) is 10.9 Å². The average molecular weight is 347 g/mol. The minimum absolute atomic E-state index is 0.291. The molecule has 0 saturated carbocycles. The molecule has 0 unspecified atom stereocenters. The molecule has 2 aromatic heterocycles. The lowest BCUT2D eigenvalue weighted by Gasteiger charge is -2.09. The fraction of sp³-hybridized carbons (Fsp3) is 0.200. The van der Waals surface area contributed by atoms with Crippen LogP contribution in [0.2, 0.25) is 0 Å². The number of hydrogen-bond donors (Lipinski definition) is 1. The van der Waals surface area contributed by atoms with Crippen LogP contribution in [0.1, 0.15) is 19.9 Å². The molecule has 0 fully saturated rings. The van der Waals surface area contributed by atoms with Gasteiger partial charge in [-0.25, -0.2) is 0 Å². The van der Waals surface area contributed by atoms with Crippen molar-refractivity contribution in [2.45, 2.75) is 19.9 Å². The summed E-state index contributed by atoms with van der Waals surface area (Å²) in [4.78, 5) is 4.40. The zero-order valence-corrected chi connectivity index (χ0v) is 13.3. The van der Waals surface area contributed by atoms with Crippen LogP contribution >= 0.6 is 15.9 Å². The molecule has 2 heterocycles. The Labute approximate surface area is 130 Å². The van der Waals surface area contributed by atoms with Crippen molar-refractivity contribution >= 4 is 32.5 Å². The number of rotatable bonds is 3. The Balaban J connectivity index is 2.02. The zero-order chi connectivity index (χ0) is 15.0. The van der Waals surface area contributed by atoms with Crippen molar-refractivity contribution < 1.29 is 4.74 Å². The number of nitrogens with zero attached hydrogens (tertiary/aromatic N) is 3. The number of nitrogens with two attached hydrogens (primary N) is 1. The fourth-order valence-electron chi connectivity index (χ4n) is 2.05. The molecule has 0 amide bonds. The molecule has 0 aliphatic heterocycles. The van der Waals surface area contributed by atoms with Crippen LogP contribution in [0, 0.1) is 0 Å². The van der Waals surface area contributed by atoms with E-state index in [-0.39, 0.29) is 0 Å². The van der Waals surface area contributed by atoms with Crippen molar-refractivity contribution in [1.29, 1.82) is 0 Å². The molecule has 0 atom stereocenters. The highest BCUT2D eigenvalue weighted by atomic mass is 79.9. The predicted molar refractivity (Wildman–Crippen MR) is 86.5 cm³/mol. The number of pyridine rings is 1. The van der Waals surface area contributed by atoms with Gasteiger partial charge in [0.1, 0.15) is 5.52 Å². The van der Waals surface area contributed by atoms with Gasteiger partial charge < -0.3 is 10.5 Å². The standard InChI is InChI=1S/C15H15BrN4O/c1-9(2)20-8-11(7-19-20)21-14-4-3-13(17)12-5-10(16)6-18-15(12)14/h3-9H,17H2,1-2H3. The topological polar surface area (TPSA) is 66.0 Å². The molecule has 3 rings (SSSR count). The Morgan fingerprint density at radius 2 is 2.10 bits per heavy atom. The number of benzene rings is 1. The van der Waals surface area contributed by atoms with Gasteiger partial charge in [-0.1, -0.05) is 0 Å². The number of ether oxygens (including phenoxy) is 1. The second-order valence-electron chi connectivity index (χ2n) is 5.05. The molecule has 5 nitrogen and oxygen atoms in total. The second-order valence-corrected chi connectivity index (χ2v) is 5.97. The number of anilines is 1. The number of halogens is 1. The van der Waals surface area contributed by atoms with Gasteiger partial charge in [0, 0.05) is 27.8 Å². The quantitative estimate of drug-likeness (QED) is 0.723. The molecule has 0 saturated heterocycles. The maximum Gasteiger partial charge on any atom is 0.165 e. The molecular weight excluding hydrogens is 332 g/mol. The Morgan fingerprint density at radius 3 is 2.81 bits per heavy atom. The van der Waals surface area contributed by atoms with Gasteiger partial charge in [-0.15, -0.1) is 0 Å². The first kappa shape index (κ1) is 13.9. The third-order valence-corrected chi connectivity index (χ3v) is 3.58. The summed E-state index contributed by atoms with van der Waals surface area (Å²) >= 11 is 3.41. The molecule has 0 bridgehead atoms. The van der Waals surface area contributed by atoms with Crippen molar-refractivity contribution in [3.63, 3.8) is 0 Å². The Kier molecular flexibility index (Phi) is 3.55. The SMILES string of the molecule is CC(C)n1cc(Oc2ccc(N)c3cc(Br)cnc23)cn1. The maximum atomic E-state index is 6.00. The highest BCUT2D eigenvalue weighted by Gasteiger charge is 2.10. The van der Waals surface area contributed by atoms with Crippen LogP contribution < -0.4 is 10.5 Å². The summed E-state index contributed by atoms with van der Waals surface area (Å²) in [6.45, 7) is 4.13. The van der Waals surface area contributed by atoms with Crippen molar-refractivity contribution in [2.24, 2.45) is 0 Å². The molecule has 2 N–H and O–H groups in total. The summed E-state index contributed by atoms with van der Waals surface area (Å²) in [5.41, 5.74) is 7.40. The van der Waals surface area contributed by atoms with Crippen LogP contribution in [0.15, 0.2) is 41.3 Å². The highest BCUT2D eigenvalue weighted by molar-refractivity contribution is 9.10. The van der Waals surface area contributed by atoms with Gasteiger partial charge in [-0.05, 0) is 48.0 Å². The highest BCUT2D eigenvalue weighted by Crippen LogP contribution is 2.33. The molecule has 0 spiro atoms. The molecule has 21 heavy (non-hydrogen) atoms. The number of aromatic nitrogens is 3. The first-order valence-corrected chi connectivity index (χ1v) is 7.39. The van der Waals surface area contributed by atoms with E-state index in [2.05, 4.69) is 39.9 Å². The third-order valence-electron chi connectivity index (χ3n) is 3.15. The summed E-state index contributed by atoms with van der Waals surface area (Å²) in [5, 5.41) is 5.12. The van der Waals surface area contributed by atoms with E-state index in [1.165, 1.54) is 0 Å². The van der Waals surface area contributed by atoms with Crippen LogP contribution in [0.5, 0.6) is 11.5 Å². The van der Waals surface area contributed by atoms with Gasteiger partial charge in [-0.2, -0.15) is 5.10 Å². The molecule has 108 valence electrons. The summed E-state index contributed by atoms with van der Waals surface area (Å²) in [5.74, 6) is 1.34. The van der Waals surface area contributed by atoms with E-state index < -0.39 is 0 Å². The lowest BCUT2D eigenvalue weighted by atomic mass is 10.1. The second kappa shape index (κ2) is 5.37. The van der Waals surface area contributed by atoms with E-state index in [1.54, 1.807) is 12.4 Å². The van der Waals surface area contributed by atoms with Gasteiger partial charge in [-0.3, -0.25) is 9.67 Å². The van der Waals surface area contributed by atoms with E-state index in [1.807, 2.05) is 29.1 Å². The van der Waals surface area contributed by atoms with Gasteiger partial charge in [0.15, 0.2) is 11.5 Å². The van der Waals surface area contributed by atoms with Gasteiger partial charge in [0.2, 0.25) is 0 Å². The van der Waals surface area contributed by atoms with E-state index in [4.69, 9.17) is 10.5 Å². The van der Waals surface area contributed by atoms with Gasteiger partial charge in [0.25, 0.3) is 0 Å². The largest absolute Gasteiger partial charge is 0.452 e. The zero-order valence-electron chi connectivity index (χ0n) is 11.7. The smallest absolute Gasteiger partial charge is 0.165 e. The molecule has 3 aromatic rings. The van der Waals surface area contributed by atoms with Gasteiger partial charge >= 0.3 is 0 Å². The summed E-state index contributed by atoms with van der Waals surface area (Å²) in [6.07, 6.45) is 5.29. The Bertz CT molecular complexity index is 797. The fourth-order valence-corrected chi connectivity index (χ4v) is 2.39. The van der Waals surface area contributed by atoms with E-state index in [9.17, 15) is 0 Å². The Hall–Kier alpha value is -2.08. The summed E-state index contributed by atoms with van der Waals surface area (Å²) in [7, 11) is 0. The van der Waals surface area contributed by atoms with E-state index in [0.717, 1.165) is 15.4 Å². The summed E-state index contributed by atoms with van der Waals surface area (Å²) in [6, 6.07) is 5.87. The van der Waals surface area contributed by atoms with Crippen molar-refractivity contribution in [3.8, 4) is 11.5 Å². The average Bonchev–Trinajstić information content (AvgIpc) is 2.91. The monoisotopic (exact) mass is 346 g/mol. The third kappa shape index (κ3) is 2.71.